The Hall–Kier alpha value is -1.05. The molecule has 0 heterocycles. The van der Waals surface area contributed by atoms with E-state index in [-0.39, 0.29) is 12.1 Å². The molecule has 0 N–H and O–H groups in total. The van der Waals surface area contributed by atoms with Crippen LogP contribution < -0.4 is 0 Å². The van der Waals surface area contributed by atoms with Crippen LogP contribution in [-0.4, -0.2) is 12.1 Å². The van der Waals surface area contributed by atoms with Crippen LogP contribution >= 0.6 is 0 Å². The summed E-state index contributed by atoms with van der Waals surface area (Å²) in [5.41, 5.74) is 2.45. The SMILES string of the molecule is CC(=O)O[C@H]1CC[C@@]2(C)C(=CC[C@H]3[C@@H]4CC[C@H]([C@@H](C)/C=C/CC(C)C)[C@@]4(C)CC[C@@H]32)C1. The normalized spacial score (nSPS) is 43.2. The lowest BCUT2D eigenvalue weighted by Gasteiger charge is -2.58. The van der Waals surface area contributed by atoms with Gasteiger partial charge in [0.05, 0.1) is 0 Å². The van der Waals surface area contributed by atoms with Gasteiger partial charge in [0.25, 0.3) is 0 Å². The van der Waals surface area contributed by atoms with Crippen molar-refractivity contribution < 1.29 is 9.53 Å². The second-order valence-electron chi connectivity index (χ2n) is 12.4. The Morgan fingerprint density at radius 1 is 1.13 bits per heavy atom. The summed E-state index contributed by atoms with van der Waals surface area (Å²) in [6, 6.07) is 0. The van der Waals surface area contributed by atoms with Crippen LogP contribution in [-0.2, 0) is 9.53 Å². The van der Waals surface area contributed by atoms with Gasteiger partial charge in [-0.3, -0.25) is 4.79 Å². The van der Waals surface area contributed by atoms with Crippen LogP contribution in [0.3, 0.4) is 0 Å². The fraction of sp³-hybridized carbons (Fsp3) is 0.828. The Morgan fingerprint density at radius 3 is 2.61 bits per heavy atom. The summed E-state index contributed by atoms with van der Waals surface area (Å²) in [5, 5.41) is 0. The number of hydrogen-bond acceptors (Lipinski definition) is 2. The second-order valence-corrected chi connectivity index (χ2v) is 12.4. The van der Waals surface area contributed by atoms with Crippen molar-refractivity contribution in [3.63, 3.8) is 0 Å². The Balaban J connectivity index is 1.50. The fourth-order valence-corrected chi connectivity index (χ4v) is 8.57. The average Bonchev–Trinajstić information content (AvgIpc) is 3.05. The lowest BCUT2D eigenvalue weighted by atomic mass is 9.47. The molecule has 4 aliphatic rings. The van der Waals surface area contributed by atoms with Gasteiger partial charge in [-0.2, -0.15) is 0 Å². The van der Waals surface area contributed by atoms with Crippen molar-refractivity contribution in [2.75, 3.05) is 0 Å². The molecule has 8 atom stereocenters. The van der Waals surface area contributed by atoms with Gasteiger partial charge in [-0.25, -0.2) is 0 Å². The highest BCUT2D eigenvalue weighted by Gasteiger charge is 2.59. The van der Waals surface area contributed by atoms with E-state index < -0.39 is 0 Å². The van der Waals surface area contributed by atoms with Crippen molar-refractivity contribution in [1.82, 2.24) is 0 Å². The standard InChI is InChI=1S/C29H46O2/c1-19(2)8-7-9-20(3)25-12-13-26-24-11-10-22-18-23(31-21(4)30)14-16-28(22,5)27(24)15-17-29(25,26)6/h7,9-10,19-20,23-27H,8,11-18H2,1-6H3/b9-7+/t20-,23-,24-,25+,26-,27-,28-,29+/m0/s1. The van der Waals surface area contributed by atoms with E-state index in [4.69, 9.17) is 4.74 Å². The van der Waals surface area contributed by atoms with E-state index in [9.17, 15) is 4.79 Å². The topological polar surface area (TPSA) is 26.3 Å². The minimum Gasteiger partial charge on any atom is -0.462 e. The van der Waals surface area contributed by atoms with Gasteiger partial charge < -0.3 is 4.74 Å². The molecule has 31 heavy (non-hydrogen) atoms. The van der Waals surface area contributed by atoms with E-state index in [1.165, 1.54) is 44.9 Å². The van der Waals surface area contributed by atoms with Gasteiger partial charge in [-0.15, -0.1) is 0 Å². The van der Waals surface area contributed by atoms with Crippen molar-refractivity contribution >= 4 is 5.97 Å². The molecule has 0 radical (unpaired) electrons. The van der Waals surface area contributed by atoms with Crippen LogP contribution in [0.1, 0.15) is 99.3 Å². The van der Waals surface area contributed by atoms with Gasteiger partial charge in [0.1, 0.15) is 6.10 Å². The minimum absolute atomic E-state index is 0.108. The predicted octanol–water partition coefficient (Wildman–Crippen LogP) is 7.74. The van der Waals surface area contributed by atoms with Crippen molar-refractivity contribution in [2.24, 2.45) is 46.3 Å². The molecular formula is C29H46O2. The maximum atomic E-state index is 11.5. The van der Waals surface area contributed by atoms with Crippen LogP contribution in [0.2, 0.25) is 0 Å². The third-order valence-corrected chi connectivity index (χ3v) is 10.1. The monoisotopic (exact) mass is 426 g/mol. The zero-order valence-corrected chi connectivity index (χ0v) is 21.0. The van der Waals surface area contributed by atoms with Crippen molar-refractivity contribution in [3.05, 3.63) is 23.8 Å². The first kappa shape index (κ1) is 23.1. The molecule has 0 aliphatic heterocycles. The molecule has 3 fully saturated rings. The summed E-state index contributed by atoms with van der Waals surface area (Å²) in [6.07, 6.45) is 19.0. The lowest BCUT2D eigenvalue weighted by Crippen LogP contribution is -2.51. The van der Waals surface area contributed by atoms with Gasteiger partial charge >= 0.3 is 5.97 Å². The molecule has 0 amide bonds. The van der Waals surface area contributed by atoms with Crippen LogP contribution in [0.25, 0.3) is 0 Å². The van der Waals surface area contributed by atoms with Gasteiger partial charge in [-0.05, 0) is 97.7 Å². The van der Waals surface area contributed by atoms with Crippen LogP contribution in [0.5, 0.6) is 0 Å². The van der Waals surface area contributed by atoms with Crippen molar-refractivity contribution in [3.8, 4) is 0 Å². The lowest BCUT2D eigenvalue weighted by molar-refractivity contribution is -0.148. The molecule has 0 aromatic rings. The maximum Gasteiger partial charge on any atom is 0.302 e. The van der Waals surface area contributed by atoms with Crippen molar-refractivity contribution in [2.45, 2.75) is 105 Å². The molecule has 0 unspecified atom stereocenters. The fourth-order valence-electron chi connectivity index (χ4n) is 8.57. The highest BCUT2D eigenvalue weighted by Crippen LogP contribution is 2.67. The molecule has 174 valence electrons. The molecule has 0 aromatic carbocycles. The number of esters is 1. The van der Waals surface area contributed by atoms with Crippen LogP contribution in [0.4, 0.5) is 0 Å². The molecule has 4 rings (SSSR count). The highest BCUT2D eigenvalue weighted by atomic mass is 16.5. The van der Waals surface area contributed by atoms with E-state index in [1.54, 1.807) is 12.5 Å². The summed E-state index contributed by atoms with van der Waals surface area (Å²) in [5.74, 6) is 4.76. The van der Waals surface area contributed by atoms with Gasteiger partial charge in [0, 0.05) is 13.3 Å². The van der Waals surface area contributed by atoms with Gasteiger partial charge in [-0.1, -0.05) is 58.4 Å². The van der Waals surface area contributed by atoms with E-state index in [2.05, 4.69) is 52.8 Å². The van der Waals surface area contributed by atoms with Gasteiger partial charge in [0.2, 0.25) is 0 Å². The van der Waals surface area contributed by atoms with E-state index in [0.717, 1.165) is 42.4 Å². The molecule has 2 nitrogen and oxygen atoms in total. The predicted molar refractivity (Wildman–Crippen MR) is 129 cm³/mol. The average molecular weight is 427 g/mol. The number of ether oxygens (including phenoxy) is 1. The van der Waals surface area contributed by atoms with Crippen LogP contribution in [0, 0.1) is 46.3 Å². The third-order valence-electron chi connectivity index (χ3n) is 10.1. The van der Waals surface area contributed by atoms with E-state index in [1.807, 2.05) is 0 Å². The zero-order valence-electron chi connectivity index (χ0n) is 21.0. The molecular weight excluding hydrogens is 380 g/mol. The van der Waals surface area contributed by atoms with Gasteiger partial charge in [0.15, 0.2) is 0 Å². The maximum absolute atomic E-state index is 11.5. The smallest absolute Gasteiger partial charge is 0.302 e. The summed E-state index contributed by atoms with van der Waals surface area (Å²) in [7, 11) is 0. The Labute approximate surface area is 191 Å². The third kappa shape index (κ3) is 4.18. The Bertz CT molecular complexity index is 733. The number of fused-ring (bicyclic) bond motifs is 5. The van der Waals surface area contributed by atoms with Crippen molar-refractivity contribution in [1.29, 1.82) is 0 Å². The molecule has 0 aromatic heterocycles. The zero-order chi connectivity index (χ0) is 22.4. The number of carbonyl (C=O) groups excluding carboxylic acids is 1. The van der Waals surface area contributed by atoms with E-state index in [0.29, 0.717) is 16.7 Å². The summed E-state index contributed by atoms with van der Waals surface area (Å²) >= 11 is 0. The minimum atomic E-state index is -0.120. The number of allylic oxidation sites excluding steroid dienone is 3. The van der Waals surface area contributed by atoms with Crippen LogP contribution in [0.15, 0.2) is 23.8 Å². The second kappa shape index (κ2) is 8.71. The number of carbonyl (C=O) groups is 1. The summed E-state index contributed by atoms with van der Waals surface area (Å²) in [4.78, 5) is 11.5. The first-order chi connectivity index (χ1) is 14.6. The van der Waals surface area contributed by atoms with E-state index >= 15 is 0 Å². The molecule has 0 bridgehead atoms. The Morgan fingerprint density at radius 2 is 1.90 bits per heavy atom. The quantitative estimate of drug-likeness (QED) is 0.332. The molecule has 3 saturated carbocycles. The summed E-state index contributed by atoms with van der Waals surface area (Å²) < 4.78 is 5.61. The largest absolute Gasteiger partial charge is 0.462 e. The summed E-state index contributed by atoms with van der Waals surface area (Å²) in [6.45, 7) is 13.9. The molecule has 0 spiro atoms. The number of hydrogen-bond donors (Lipinski definition) is 0. The molecule has 2 heteroatoms. The molecule has 4 aliphatic carbocycles. The first-order valence-corrected chi connectivity index (χ1v) is 13.2. The highest BCUT2D eigenvalue weighted by molar-refractivity contribution is 5.66. The number of rotatable bonds is 5. The Kier molecular flexibility index (Phi) is 6.50. The molecule has 0 saturated heterocycles. The first-order valence-electron chi connectivity index (χ1n) is 13.2.